The summed E-state index contributed by atoms with van der Waals surface area (Å²) in [6.45, 7) is 3.53. The SMILES string of the molecule is Cc1ccc(C2CN(C(=O)c3n[nH]c4ccccc34)CC2N(C)C)cc1. The molecule has 4 rings (SSSR count). The second-order valence-corrected chi connectivity index (χ2v) is 7.38. The van der Waals surface area contributed by atoms with Crippen molar-refractivity contribution in [2.75, 3.05) is 27.2 Å². The molecule has 134 valence electrons. The molecule has 0 aliphatic carbocycles. The highest BCUT2D eigenvalue weighted by Crippen LogP contribution is 2.32. The zero-order valence-corrected chi connectivity index (χ0v) is 15.4. The highest BCUT2D eigenvalue weighted by Gasteiger charge is 2.38. The fourth-order valence-corrected chi connectivity index (χ4v) is 3.89. The van der Waals surface area contributed by atoms with Crippen LogP contribution in [-0.2, 0) is 0 Å². The molecule has 2 unspecified atom stereocenters. The van der Waals surface area contributed by atoms with Gasteiger partial charge in [-0.1, -0.05) is 48.0 Å². The summed E-state index contributed by atoms with van der Waals surface area (Å²) < 4.78 is 0. The van der Waals surface area contributed by atoms with Gasteiger partial charge in [0.2, 0.25) is 0 Å². The summed E-state index contributed by atoms with van der Waals surface area (Å²) >= 11 is 0. The van der Waals surface area contributed by atoms with Gasteiger partial charge < -0.3 is 9.80 Å². The molecule has 1 aliphatic heterocycles. The standard InChI is InChI=1S/C21H24N4O/c1-14-8-10-15(11-9-14)17-12-25(13-19(17)24(2)3)21(26)20-16-6-4-5-7-18(16)22-23-20/h4-11,17,19H,12-13H2,1-3H3,(H,22,23). The van der Waals surface area contributed by atoms with Crippen molar-refractivity contribution in [3.63, 3.8) is 0 Å². The predicted molar refractivity (Wildman–Crippen MR) is 103 cm³/mol. The maximum atomic E-state index is 13.1. The number of benzene rings is 2. The molecule has 0 spiro atoms. The molecule has 26 heavy (non-hydrogen) atoms. The molecule has 1 N–H and O–H groups in total. The largest absolute Gasteiger partial charge is 0.335 e. The number of hydrogen-bond donors (Lipinski definition) is 1. The van der Waals surface area contributed by atoms with Crippen molar-refractivity contribution in [3.8, 4) is 0 Å². The topological polar surface area (TPSA) is 52.2 Å². The smallest absolute Gasteiger partial charge is 0.275 e. The molecule has 1 amide bonds. The van der Waals surface area contributed by atoms with E-state index in [0.29, 0.717) is 30.7 Å². The van der Waals surface area contributed by atoms with E-state index in [-0.39, 0.29) is 5.91 Å². The quantitative estimate of drug-likeness (QED) is 0.791. The lowest BCUT2D eigenvalue weighted by atomic mass is 9.93. The lowest BCUT2D eigenvalue weighted by molar-refractivity contribution is 0.0778. The summed E-state index contributed by atoms with van der Waals surface area (Å²) in [6, 6.07) is 16.7. The lowest BCUT2D eigenvalue weighted by Gasteiger charge is -2.25. The van der Waals surface area contributed by atoms with Crippen LogP contribution >= 0.6 is 0 Å². The molecule has 2 heterocycles. The molecule has 1 aromatic heterocycles. The molecular formula is C21H24N4O. The second kappa shape index (κ2) is 6.57. The number of nitrogens with zero attached hydrogens (tertiary/aromatic N) is 3. The molecule has 2 aromatic carbocycles. The predicted octanol–water partition coefficient (Wildman–Crippen LogP) is 3.04. The van der Waals surface area contributed by atoms with Crippen LogP contribution in [0.15, 0.2) is 48.5 Å². The van der Waals surface area contributed by atoms with Crippen LogP contribution in [0.3, 0.4) is 0 Å². The Kier molecular flexibility index (Phi) is 4.24. The van der Waals surface area contributed by atoms with Crippen LogP contribution in [0.2, 0.25) is 0 Å². The van der Waals surface area contributed by atoms with Gasteiger partial charge in [-0.2, -0.15) is 5.10 Å². The fraction of sp³-hybridized carbons (Fsp3) is 0.333. The number of amides is 1. The van der Waals surface area contributed by atoms with Gasteiger partial charge in [-0.3, -0.25) is 9.89 Å². The Labute approximate surface area is 153 Å². The van der Waals surface area contributed by atoms with Crippen molar-refractivity contribution in [2.24, 2.45) is 0 Å². The molecular weight excluding hydrogens is 324 g/mol. The maximum absolute atomic E-state index is 13.1. The molecule has 5 nitrogen and oxygen atoms in total. The van der Waals surface area contributed by atoms with Gasteiger partial charge >= 0.3 is 0 Å². The normalized spacial score (nSPS) is 20.2. The van der Waals surface area contributed by atoms with E-state index < -0.39 is 0 Å². The van der Waals surface area contributed by atoms with Crippen molar-refractivity contribution in [1.29, 1.82) is 0 Å². The summed E-state index contributed by atoms with van der Waals surface area (Å²) in [5, 5.41) is 8.14. The van der Waals surface area contributed by atoms with Gasteiger partial charge in [-0.05, 0) is 32.6 Å². The van der Waals surface area contributed by atoms with Crippen LogP contribution in [0.1, 0.15) is 27.5 Å². The van der Waals surface area contributed by atoms with E-state index in [1.165, 1.54) is 11.1 Å². The first-order chi connectivity index (χ1) is 12.5. The number of nitrogens with one attached hydrogen (secondary N) is 1. The number of likely N-dealkylation sites (tertiary alicyclic amines) is 1. The Morgan fingerprint density at radius 3 is 2.58 bits per heavy atom. The summed E-state index contributed by atoms with van der Waals surface area (Å²) in [5.41, 5.74) is 3.96. The van der Waals surface area contributed by atoms with E-state index in [9.17, 15) is 4.79 Å². The van der Waals surface area contributed by atoms with Gasteiger partial charge in [0.15, 0.2) is 5.69 Å². The van der Waals surface area contributed by atoms with Gasteiger partial charge in [0, 0.05) is 30.4 Å². The van der Waals surface area contributed by atoms with Crippen LogP contribution < -0.4 is 0 Å². The third-order valence-corrected chi connectivity index (χ3v) is 5.42. The Morgan fingerprint density at radius 2 is 1.85 bits per heavy atom. The number of hydrogen-bond acceptors (Lipinski definition) is 3. The van der Waals surface area contributed by atoms with E-state index in [0.717, 1.165) is 10.9 Å². The van der Waals surface area contributed by atoms with Crippen molar-refractivity contribution in [2.45, 2.75) is 18.9 Å². The minimum absolute atomic E-state index is 0.00362. The Balaban J connectivity index is 1.63. The Hall–Kier alpha value is -2.66. The number of rotatable bonds is 3. The summed E-state index contributed by atoms with van der Waals surface area (Å²) in [5.74, 6) is 0.309. The number of carbonyl (C=O) groups is 1. The average Bonchev–Trinajstić information content (AvgIpc) is 3.26. The van der Waals surface area contributed by atoms with Gasteiger partial charge in [0.1, 0.15) is 0 Å². The monoisotopic (exact) mass is 348 g/mol. The summed E-state index contributed by atoms with van der Waals surface area (Å²) in [6.07, 6.45) is 0. The van der Waals surface area contributed by atoms with Gasteiger partial charge in [0.05, 0.1) is 5.52 Å². The number of para-hydroxylation sites is 1. The third-order valence-electron chi connectivity index (χ3n) is 5.42. The Morgan fingerprint density at radius 1 is 1.12 bits per heavy atom. The zero-order valence-electron chi connectivity index (χ0n) is 15.4. The van der Waals surface area contributed by atoms with Crippen LogP contribution in [0, 0.1) is 6.92 Å². The van der Waals surface area contributed by atoms with E-state index >= 15 is 0 Å². The number of aromatic nitrogens is 2. The minimum Gasteiger partial charge on any atom is -0.335 e. The van der Waals surface area contributed by atoms with E-state index in [2.05, 4.69) is 60.4 Å². The number of carbonyl (C=O) groups excluding carboxylic acids is 1. The maximum Gasteiger partial charge on any atom is 0.275 e. The van der Waals surface area contributed by atoms with Crippen LogP contribution in [0.5, 0.6) is 0 Å². The molecule has 0 saturated carbocycles. The zero-order chi connectivity index (χ0) is 18.3. The lowest BCUT2D eigenvalue weighted by Crippen LogP contribution is -2.36. The molecule has 1 aliphatic rings. The molecule has 2 atom stereocenters. The van der Waals surface area contributed by atoms with Crippen molar-refractivity contribution in [1.82, 2.24) is 20.0 Å². The first-order valence-corrected chi connectivity index (χ1v) is 9.00. The van der Waals surface area contributed by atoms with Crippen LogP contribution in [-0.4, -0.2) is 59.1 Å². The number of fused-ring (bicyclic) bond motifs is 1. The third kappa shape index (κ3) is 2.88. The summed E-state index contributed by atoms with van der Waals surface area (Å²) in [7, 11) is 4.17. The molecule has 1 fully saturated rings. The Bertz CT molecular complexity index is 929. The van der Waals surface area contributed by atoms with Gasteiger partial charge in [-0.25, -0.2) is 0 Å². The van der Waals surface area contributed by atoms with E-state index in [1.54, 1.807) is 0 Å². The van der Waals surface area contributed by atoms with Gasteiger partial charge in [-0.15, -0.1) is 0 Å². The first-order valence-electron chi connectivity index (χ1n) is 9.00. The fourth-order valence-electron chi connectivity index (χ4n) is 3.89. The molecule has 5 heteroatoms. The number of aryl methyl sites for hydroxylation is 1. The van der Waals surface area contributed by atoms with Crippen molar-refractivity contribution in [3.05, 3.63) is 65.4 Å². The van der Waals surface area contributed by atoms with Gasteiger partial charge in [0.25, 0.3) is 5.91 Å². The summed E-state index contributed by atoms with van der Waals surface area (Å²) in [4.78, 5) is 17.3. The minimum atomic E-state index is 0.00362. The van der Waals surface area contributed by atoms with E-state index in [4.69, 9.17) is 0 Å². The molecule has 1 saturated heterocycles. The van der Waals surface area contributed by atoms with Crippen molar-refractivity contribution < 1.29 is 4.79 Å². The highest BCUT2D eigenvalue weighted by molar-refractivity contribution is 6.04. The average molecular weight is 348 g/mol. The van der Waals surface area contributed by atoms with Crippen LogP contribution in [0.4, 0.5) is 0 Å². The van der Waals surface area contributed by atoms with Crippen molar-refractivity contribution >= 4 is 16.8 Å². The highest BCUT2D eigenvalue weighted by atomic mass is 16.2. The second-order valence-electron chi connectivity index (χ2n) is 7.38. The number of H-pyrrole nitrogens is 1. The van der Waals surface area contributed by atoms with E-state index in [1.807, 2.05) is 29.2 Å². The molecule has 3 aromatic rings. The first kappa shape index (κ1) is 16.8. The number of aromatic amines is 1. The molecule has 0 bridgehead atoms. The number of likely N-dealkylation sites (N-methyl/N-ethyl adjacent to an activating group) is 1. The molecule has 0 radical (unpaired) electrons. The van der Waals surface area contributed by atoms with Crippen LogP contribution in [0.25, 0.3) is 10.9 Å².